The van der Waals surface area contributed by atoms with Crippen molar-refractivity contribution in [1.29, 1.82) is 0 Å². The largest absolute Gasteiger partial charge is 0.465 e. The van der Waals surface area contributed by atoms with Gasteiger partial charge in [-0.15, -0.1) is 0 Å². The van der Waals surface area contributed by atoms with Crippen molar-refractivity contribution in [3.8, 4) is 11.5 Å². The molecular weight excluding hydrogens is 394 g/mol. The van der Waals surface area contributed by atoms with Gasteiger partial charge in [0.15, 0.2) is 11.5 Å². The number of nitro groups is 1. The summed E-state index contributed by atoms with van der Waals surface area (Å²) in [4.78, 5) is 36.7. The summed E-state index contributed by atoms with van der Waals surface area (Å²) in [5.74, 6) is -1.92. The minimum absolute atomic E-state index is 0.0596. The zero-order chi connectivity index (χ0) is 21.5. The monoisotopic (exact) mass is 421 g/mol. The molecule has 0 aliphatic carbocycles. The van der Waals surface area contributed by atoms with Crippen LogP contribution in [0.2, 0.25) is 0 Å². The molecule has 9 heteroatoms. The Kier molecular flexibility index (Phi) is 7.62. The van der Waals surface area contributed by atoms with Crippen molar-refractivity contribution in [2.24, 2.45) is 11.8 Å². The summed E-state index contributed by atoms with van der Waals surface area (Å²) in [6, 6.07) is 4.88. The van der Waals surface area contributed by atoms with E-state index in [9.17, 15) is 19.7 Å². The molecule has 2 aliphatic rings. The number of hydrogen-bond donors (Lipinski definition) is 0. The highest BCUT2D eigenvalue weighted by Gasteiger charge is 2.40. The van der Waals surface area contributed by atoms with Crippen LogP contribution >= 0.6 is 0 Å². The lowest BCUT2D eigenvalue weighted by atomic mass is 9.80. The van der Waals surface area contributed by atoms with Gasteiger partial charge >= 0.3 is 5.97 Å². The maximum absolute atomic E-state index is 13.1. The first-order chi connectivity index (χ1) is 14.5. The Balaban J connectivity index is 1.83. The lowest BCUT2D eigenvalue weighted by Crippen LogP contribution is -2.35. The minimum Gasteiger partial charge on any atom is -0.465 e. The summed E-state index contributed by atoms with van der Waals surface area (Å²) in [5, 5.41) is 11.4. The van der Waals surface area contributed by atoms with Gasteiger partial charge in [0, 0.05) is 24.6 Å². The van der Waals surface area contributed by atoms with Crippen LogP contribution in [-0.4, -0.2) is 49.8 Å². The number of carbonyl (C=O) groups is 2. The van der Waals surface area contributed by atoms with Crippen molar-refractivity contribution in [3.63, 3.8) is 0 Å². The van der Waals surface area contributed by atoms with Gasteiger partial charge in [-0.1, -0.05) is 6.07 Å². The number of carbonyl (C=O) groups excluding carboxylic acids is 2. The van der Waals surface area contributed by atoms with E-state index in [-0.39, 0.29) is 25.6 Å². The standard InChI is InChI=1S/C21H27NO8/c1-2-28-21(24)20(17(23)5-3-14-7-9-27-10-8-14)16(12-22(25)26)15-4-6-18-19(11-15)30-13-29-18/h4,6,11,14,16,20H,2-3,5,7-10,12-13H2,1H3. The van der Waals surface area contributed by atoms with Crippen LogP contribution in [0, 0.1) is 22.0 Å². The summed E-state index contributed by atoms with van der Waals surface area (Å²) < 4.78 is 21.1. The molecule has 30 heavy (non-hydrogen) atoms. The van der Waals surface area contributed by atoms with Gasteiger partial charge in [-0.05, 0) is 49.8 Å². The van der Waals surface area contributed by atoms with Gasteiger partial charge in [0.05, 0.1) is 12.5 Å². The molecule has 0 spiro atoms. The Morgan fingerprint density at radius 2 is 1.97 bits per heavy atom. The third-order valence-electron chi connectivity index (χ3n) is 5.60. The zero-order valence-corrected chi connectivity index (χ0v) is 17.0. The average molecular weight is 421 g/mol. The zero-order valence-electron chi connectivity index (χ0n) is 17.0. The fraction of sp³-hybridized carbons (Fsp3) is 0.619. The van der Waals surface area contributed by atoms with Crippen LogP contribution in [-0.2, 0) is 19.1 Å². The van der Waals surface area contributed by atoms with E-state index in [1.54, 1.807) is 25.1 Å². The van der Waals surface area contributed by atoms with E-state index in [1.807, 2.05) is 0 Å². The normalized spacial score (nSPS) is 17.9. The number of rotatable bonds is 10. The van der Waals surface area contributed by atoms with Gasteiger partial charge in [-0.2, -0.15) is 0 Å². The number of ether oxygens (including phenoxy) is 4. The van der Waals surface area contributed by atoms with Crippen molar-refractivity contribution in [1.82, 2.24) is 0 Å². The number of Topliss-reactive ketones (excluding diaryl/α,β-unsaturated/α-hetero) is 1. The Hall–Kier alpha value is -2.68. The molecule has 0 N–H and O–H groups in total. The molecule has 1 fully saturated rings. The summed E-state index contributed by atoms with van der Waals surface area (Å²) in [5.41, 5.74) is 0.480. The highest BCUT2D eigenvalue weighted by Crippen LogP contribution is 2.37. The smallest absolute Gasteiger partial charge is 0.317 e. The molecule has 1 aromatic rings. The topological polar surface area (TPSA) is 114 Å². The van der Waals surface area contributed by atoms with Gasteiger partial charge in [0.1, 0.15) is 11.7 Å². The van der Waals surface area contributed by atoms with Crippen molar-refractivity contribution >= 4 is 11.8 Å². The van der Waals surface area contributed by atoms with E-state index in [4.69, 9.17) is 18.9 Å². The highest BCUT2D eigenvalue weighted by molar-refractivity contribution is 6.00. The second kappa shape index (κ2) is 10.4. The second-order valence-corrected chi connectivity index (χ2v) is 7.52. The molecule has 2 atom stereocenters. The number of esters is 1. The van der Waals surface area contributed by atoms with Crippen LogP contribution in [0.5, 0.6) is 11.5 Å². The molecule has 164 valence electrons. The van der Waals surface area contributed by atoms with Crippen LogP contribution in [0.3, 0.4) is 0 Å². The molecule has 0 saturated carbocycles. The molecule has 2 unspecified atom stereocenters. The lowest BCUT2D eigenvalue weighted by Gasteiger charge is -2.25. The first kappa shape index (κ1) is 22.0. The Morgan fingerprint density at radius 3 is 2.67 bits per heavy atom. The Bertz CT molecular complexity index is 774. The number of ketones is 1. The number of nitrogens with zero attached hydrogens (tertiary/aromatic N) is 1. The highest BCUT2D eigenvalue weighted by atomic mass is 16.7. The van der Waals surface area contributed by atoms with Gasteiger partial charge in [-0.3, -0.25) is 19.7 Å². The van der Waals surface area contributed by atoms with E-state index in [0.717, 1.165) is 12.8 Å². The lowest BCUT2D eigenvalue weighted by molar-refractivity contribution is -0.484. The average Bonchev–Trinajstić information content (AvgIpc) is 3.20. The van der Waals surface area contributed by atoms with Crippen LogP contribution < -0.4 is 9.47 Å². The molecule has 0 amide bonds. The quantitative estimate of drug-likeness (QED) is 0.245. The maximum atomic E-state index is 13.1. The molecule has 0 aromatic heterocycles. The van der Waals surface area contributed by atoms with E-state index in [2.05, 4.69) is 0 Å². The van der Waals surface area contributed by atoms with E-state index in [1.165, 1.54) is 0 Å². The first-order valence-corrected chi connectivity index (χ1v) is 10.3. The van der Waals surface area contributed by atoms with Crippen LogP contribution in [0.25, 0.3) is 0 Å². The van der Waals surface area contributed by atoms with Gasteiger partial charge in [-0.25, -0.2) is 0 Å². The molecule has 2 heterocycles. The van der Waals surface area contributed by atoms with Gasteiger partial charge < -0.3 is 18.9 Å². The SMILES string of the molecule is CCOC(=O)C(C(=O)CCC1CCOCC1)C(C[N+](=O)[O-])c1ccc2c(c1)OCO2. The summed E-state index contributed by atoms with van der Waals surface area (Å²) >= 11 is 0. The molecular formula is C21H27NO8. The van der Waals surface area contributed by atoms with Crippen LogP contribution in [0.15, 0.2) is 18.2 Å². The van der Waals surface area contributed by atoms with E-state index >= 15 is 0 Å². The first-order valence-electron chi connectivity index (χ1n) is 10.3. The third-order valence-corrected chi connectivity index (χ3v) is 5.60. The van der Waals surface area contributed by atoms with Crippen LogP contribution in [0.1, 0.15) is 44.1 Å². The molecule has 1 saturated heterocycles. The van der Waals surface area contributed by atoms with E-state index in [0.29, 0.717) is 42.6 Å². The molecule has 2 aliphatic heterocycles. The summed E-state index contributed by atoms with van der Waals surface area (Å²) in [6.07, 6.45) is 2.55. The number of fused-ring (bicyclic) bond motifs is 1. The number of benzene rings is 1. The summed E-state index contributed by atoms with van der Waals surface area (Å²) in [7, 11) is 0. The predicted octanol–water partition coefficient (Wildman–Crippen LogP) is 2.73. The summed E-state index contributed by atoms with van der Waals surface area (Å²) in [6.45, 7) is 2.57. The fourth-order valence-corrected chi connectivity index (χ4v) is 4.00. The molecule has 9 nitrogen and oxygen atoms in total. The molecule has 3 rings (SSSR count). The molecule has 0 bridgehead atoms. The van der Waals surface area contributed by atoms with E-state index < -0.39 is 29.3 Å². The van der Waals surface area contributed by atoms with Gasteiger partial charge in [0.25, 0.3) is 0 Å². The van der Waals surface area contributed by atoms with Crippen molar-refractivity contribution < 1.29 is 33.5 Å². The maximum Gasteiger partial charge on any atom is 0.317 e. The third kappa shape index (κ3) is 5.47. The second-order valence-electron chi connectivity index (χ2n) is 7.52. The van der Waals surface area contributed by atoms with Crippen molar-refractivity contribution in [2.75, 3.05) is 33.2 Å². The van der Waals surface area contributed by atoms with Crippen molar-refractivity contribution in [3.05, 3.63) is 33.9 Å². The molecule has 1 aromatic carbocycles. The predicted molar refractivity (Wildman–Crippen MR) is 105 cm³/mol. The van der Waals surface area contributed by atoms with Gasteiger partial charge in [0.2, 0.25) is 13.3 Å². The fourth-order valence-electron chi connectivity index (χ4n) is 4.00. The Morgan fingerprint density at radius 1 is 1.23 bits per heavy atom. The molecule has 0 radical (unpaired) electrons. The number of hydrogen-bond acceptors (Lipinski definition) is 8. The minimum atomic E-state index is -1.24. The van der Waals surface area contributed by atoms with Crippen molar-refractivity contribution in [2.45, 2.75) is 38.5 Å². The van der Waals surface area contributed by atoms with Crippen LogP contribution in [0.4, 0.5) is 0 Å². The Labute approximate surface area is 174 Å².